The molecule has 1 aliphatic rings. The molecule has 1 amide bonds. The van der Waals surface area contributed by atoms with E-state index in [4.69, 9.17) is 0 Å². The molecular formula is C23H26N4O3S. The first-order valence-electron chi connectivity index (χ1n) is 10.3. The number of carbonyl (C=O) groups excluding carboxylic acids is 1. The summed E-state index contributed by atoms with van der Waals surface area (Å²) in [4.78, 5) is 14.9. The molecule has 31 heavy (non-hydrogen) atoms. The van der Waals surface area contributed by atoms with Crippen molar-refractivity contribution in [3.63, 3.8) is 0 Å². The summed E-state index contributed by atoms with van der Waals surface area (Å²) in [6.45, 7) is 3.21. The first-order valence-corrected chi connectivity index (χ1v) is 11.7. The predicted molar refractivity (Wildman–Crippen MR) is 120 cm³/mol. The zero-order chi connectivity index (χ0) is 21.7. The van der Waals surface area contributed by atoms with Crippen LogP contribution in [-0.4, -0.2) is 54.3 Å². The molecular weight excluding hydrogens is 412 g/mol. The molecule has 7 nitrogen and oxygen atoms in total. The van der Waals surface area contributed by atoms with Gasteiger partial charge in [-0.2, -0.15) is 12.7 Å². The van der Waals surface area contributed by atoms with Gasteiger partial charge < -0.3 is 4.57 Å². The van der Waals surface area contributed by atoms with E-state index in [0.717, 1.165) is 12.1 Å². The smallest absolute Gasteiger partial charge is 0.304 e. The summed E-state index contributed by atoms with van der Waals surface area (Å²) in [6.07, 6.45) is 1.77. The molecule has 3 aromatic rings. The summed E-state index contributed by atoms with van der Waals surface area (Å²) in [7, 11) is -3.90. The summed E-state index contributed by atoms with van der Waals surface area (Å²) in [5, 5.41) is 0. The Labute approximate surface area is 183 Å². The second-order valence-electron chi connectivity index (χ2n) is 7.60. The monoisotopic (exact) mass is 438 g/mol. The van der Waals surface area contributed by atoms with Crippen molar-refractivity contribution in [1.29, 1.82) is 0 Å². The maximum atomic E-state index is 12.8. The van der Waals surface area contributed by atoms with E-state index >= 15 is 0 Å². The van der Waals surface area contributed by atoms with Gasteiger partial charge in [0.05, 0.1) is 0 Å². The molecule has 1 saturated heterocycles. The molecule has 162 valence electrons. The first kappa shape index (κ1) is 21.3. The minimum Gasteiger partial charge on any atom is -0.339 e. The molecule has 0 bridgehead atoms. The summed E-state index contributed by atoms with van der Waals surface area (Å²) < 4.78 is 30.9. The van der Waals surface area contributed by atoms with Crippen molar-refractivity contribution >= 4 is 16.1 Å². The minimum absolute atomic E-state index is 0.315. The average molecular weight is 439 g/mol. The fourth-order valence-corrected chi connectivity index (χ4v) is 4.85. The Bertz CT molecular complexity index is 1110. The summed E-state index contributed by atoms with van der Waals surface area (Å²) in [5.41, 5.74) is 2.55. The van der Waals surface area contributed by atoms with Crippen LogP contribution in [0.25, 0.3) is 0 Å². The van der Waals surface area contributed by atoms with Crippen LogP contribution < -0.4 is 4.72 Å². The normalized spacial score (nSPS) is 15.6. The highest BCUT2D eigenvalue weighted by atomic mass is 32.2. The standard InChI is InChI=1S/C23H26N4O3S/c28-23(22-12-7-13-26(22)19-21-10-5-2-6-11-21)24-31(29,30)27-16-14-25(15-17-27)18-20-8-3-1-4-9-20/h1-13H,14-19H2,(H,24,28). The third-order valence-corrected chi connectivity index (χ3v) is 6.89. The Morgan fingerprint density at radius 3 is 1.97 bits per heavy atom. The Kier molecular flexibility index (Phi) is 6.50. The molecule has 0 saturated carbocycles. The number of nitrogens with zero attached hydrogens (tertiary/aromatic N) is 3. The van der Waals surface area contributed by atoms with E-state index < -0.39 is 16.1 Å². The summed E-state index contributed by atoms with van der Waals surface area (Å²) in [6, 6.07) is 23.2. The van der Waals surface area contributed by atoms with Crippen molar-refractivity contribution in [3.05, 3.63) is 95.8 Å². The fraction of sp³-hybridized carbons (Fsp3) is 0.261. The zero-order valence-electron chi connectivity index (χ0n) is 17.2. The van der Waals surface area contributed by atoms with Gasteiger partial charge in [-0.25, -0.2) is 4.72 Å². The lowest BCUT2D eigenvalue weighted by Gasteiger charge is -2.33. The Morgan fingerprint density at radius 1 is 0.774 bits per heavy atom. The number of hydrogen-bond donors (Lipinski definition) is 1. The molecule has 0 atom stereocenters. The molecule has 2 aromatic carbocycles. The molecule has 0 spiro atoms. The number of hydrogen-bond acceptors (Lipinski definition) is 4. The molecule has 2 heterocycles. The van der Waals surface area contributed by atoms with Crippen molar-refractivity contribution < 1.29 is 13.2 Å². The van der Waals surface area contributed by atoms with Gasteiger partial charge in [0.2, 0.25) is 0 Å². The molecule has 4 rings (SSSR count). The molecule has 0 aliphatic carbocycles. The van der Waals surface area contributed by atoms with Gasteiger partial charge in [0.1, 0.15) is 5.69 Å². The maximum absolute atomic E-state index is 12.8. The average Bonchev–Trinajstić information content (AvgIpc) is 3.24. The van der Waals surface area contributed by atoms with E-state index in [9.17, 15) is 13.2 Å². The largest absolute Gasteiger partial charge is 0.339 e. The number of rotatable bonds is 7. The van der Waals surface area contributed by atoms with E-state index in [1.54, 1.807) is 22.9 Å². The number of carbonyl (C=O) groups is 1. The zero-order valence-corrected chi connectivity index (χ0v) is 18.0. The highest BCUT2D eigenvalue weighted by Gasteiger charge is 2.29. The molecule has 1 aromatic heterocycles. The third kappa shape index (κ3) is 5.41. The second kappa shape index (κ2) is 9.47. The van der Waals surface area contributed by atoms with E-state index in [0.29, 0.717) is 38.4 Å². The highest BCUT2D eigenvalue weighted by Crippen LogP contribution is 2.12. The lowest BCUT2D eigenvalue weighted by molar-refractivity contribution is 0.0968. The van der Waals surface area contributed by atoms with Crippen LogP contribution in [0.2, 0.25) is 0 Å². The molecule has 1 aliphatic heterocycles. The van der Waals surface area contributed by atoms with Crippen LogP contribution in [0.4, 0.5) is 0 Å². The van der Waals surface area contributed by atoms with E-state index in [2.05, 4.69) is 21.8 Å². The minimum atomic E-state index is -3.90. The van der Waals surface area contributed by atoms with Crippen LogP contribution in [-0.2, 0) is 23.3 Å². The van der Waals surface area contributed by atoms with E-state index in [1.165, 1.54) is 9.87 Å². The van der Waals surface area contributed by atoms with Crippen molar-refractivity contribution in [3.8, 4) is 0 Å². The van der Waals surface area contributed by atoms with Crippen LogP contribution >= 0.6 is 0 Å². The van der Waals surface area contributed by atoms with Gasteiger partial charge in [-0.1, -0.05) is 60.7 Å². The SMILES string of the molecule is O=C(NS(=O)(=O)N1CCN(Cc2ccccc2)CC1)c1cccn1Cc1ccccc1. The quantitative estimate of drug-likeness (QED) is 0.614. The van der Waals surface area contributed by atoms with Crippen molar-refractivity contribution in [2.75, 3.05) is 26.2 Å². The molecule has 1 N–H and O–H groups in total. The molecule has 0 radical (unpaired) electrons. The van der Waals surface area contributed by atoms with Crippen LogP contribution in [0.1, 0.15) is 21.6 Å². The Morgan fingerprint density at radius 2 is 1.35 bits per heavy atom. The van der Waals surface area contributed by atoms with E-state index in [-0.39, 0.29) is 0 Å². The number of piperazine rings is 1. The third-order valence-electron chi connectivity index (χ3n) is 5.40. The maximum Gasteiger partial charge on any atom is 0.304 e. The predicted octanol–water partition coefficient (Wildman–Crippen LogP) is 2.33. The van der Waals surface area contributed by atoms with Gasteiger partial charge in [-0.15, -0.1) is 0 Å². The van der Waals surface area contributed by atoms with Crippen LogP contribution in [0, 0.1) is 0 Å². The first-order chi connectivity index (χ1) is 15.0. The number of nitrogens with one attached hydrogen (secondary N) is 1. The lowest BCUT2D eigenvalue weighted by Crippen LogP contribution is -2.52. The topological polar surface area (TPSA) is 74.7 Å². The van der Waals surface area contributed by atoms with Crippen molar-refractivity contribution in [2.24, 2.45) is 0 Å². The Hall–Kier alpha value is -2.94. The highest BCUT2D eigenvalue weighted by molar-refractivity contribution is 7.87. The van der Waals surface area contributed by atoms with Crippen molar-refractivity contribution in [1.82, 2.24) is 18.5 Å². The number of aromatic nitrogens is 1. The van der Waals surface area contributed by atoms with Crippen LogP contribution in [0.5, 0.6) is 0 Å². The Balaban J connectivity index is 1.35. The van der Waals surface area contributed by atoms with Crippen molar-refractivity contribution in [2.45, 2.75) is 13.1 Å². The summed E-state index contributed by atoms with van der Waals surface area (Å²) >= 11 is 0. The van der Waals surface area contributed by atoms with E-state index in [1.807, 2.05) is 48.5 Å². The summed E-state index contributed by atoms with van der Waals surface area (Å²) in [5.74, 6) is -0.618. The lowest BCUT2D eigenvalue weighted by atomic mass is 10.2. The van der Waals surface area contributed by atoms with Crippen LogP contribution in [0.15, 0.2) is 79.0 Å². The second-order valence-corrected chi connectivity index (χ2v) is 9.27. The van der Waals surface area contributed by atoms with Gasteiger partial charge in [-0.05, 0) is 23.3 Å². The molecule has 0 unspecified atom stereocenters. The van der Waals surface area contributed by atoms with Gasteiger partial charge in [0, 0.05) is 45.5 Å². The molecule has 1 fully saturated rings. The number of benzene rings is 2. The number of amides is 1. The molecule has 8 heteroatoms. The van der Waals surface area contributed by atoms with Gasteiger partial charge in [0.25, 0.3) is 5.91 Å². The van der Waals surface area contributed by atoms with Gasteiger partial charge in [-0.3, -0.25) is 9.69 Å². The van der Waals surface area contributed by atoms with Gasteiger partial charge in [0.15, 0.2) is 0 Å². The van der Waals surface area contributed by atoms with Crippen LogP contribution in [0.3, 0.4) is 0 Å². The fourth-order valence-electron chi connectivity index (χ4n) is 3.74. The van der Waals surface area contributed by atoms with Gasteiger partial charge >= 0.3 is 10.2 Å².